The van der Waals surface area contributed by atoms with E-state index in [-0.39, 0.29) is 0 Å². The molecule has 82 valence electrons. The topological polar surface area (TPSA) is 12.0 Å². The highest BCUT2D eigenvalue weighted by Crippen LogP contribution is 2.14. The van der Waals surface area contributed by atoms with Crippen molar-refractivity contribution >= 4 is 11.4 Å². The number of allylic oxidation sites excluding steroid dienone is 1. The van der Waals surface area contributed by atoms with Crippen molar-refractivity contribution in [3.63, 3.8) is 0 Å². The largest absolute Gasteiger partial charge is 0.356 e. The first-order valence-corrected chi connectivity index (χ1v) is 5.31. The summed E-state index contributed by atoms with van der Waals surface area (Å²) in [7, 11) is 0. The van der Waals surface area contributed by atoms with Crippen LogP contribution in [-0.4, -0.2) is 0 Å². The molecule has 16 heavy (non-hydrogen) atoms. The average Bonchev–Trinajstić information content (AvgIpc) is 2.33. The molecule has 2 rings (SSSR count). The third kappa shape index (κ3) is 4.47. The molecule has 0 radical (unpaired) electrons. The fourth-order valence-corrected chi connectivity index (χ4v) is 1.21. The molecular weight excluding hydrogens is 194 g/mol. The molecule has 0 bridgehead atoms. The van der Waals surface area contributed by atoms with Crippen molar-refractivity contribution in [1.29, 1.82) is 0 Å². The number of hydrogen-bond donors (Lipinski definition) is 1. The van der Waals surface area contributed by atoms with E-state index in [1.807, 2.05) is 67.6 Å². The van der Waals surface area contributed by atoms with Crippen molar-refractivity contribution in [3.05, 3.63) is 73.3 Å². The summed E-state index contributed by atoms with van der Waals surface area (Å²) in [6, 6.07) is 20.3. The lowest BCUT2D eigenvalue weighted by Gasteiger charge is -2.04. The van der Waals surface area contributed by atoms with E-state index in [4.69, 9.17) is 0 Å². The van der Waals surface area contributed by atoms with Gasteiger partial charge in [0, 0.05) is 11.4 Å². The molecule has 0 atom stereocenters. The number of hydrogen-bond acceptors (Lipinski definition) is 1. The minimum Gasteiger partial charge on any atom is -0.356 e. The Morgan fingerprint density at radius 3 is 1.44 bits per heavy atom. The molecule has 0 aliphatic rings. The van der Waals surface area contributed by atoms with Gasteiger partial charge in [-0.3, -0.25) is 0 Å². The Labute approximate surface area is 97.4 Å². The fourth-order valence-electron chi connectivity index (χ4n) is 1.21. The van der Waals surface area contributed by atoms with Crippen molar-refractivity contribution in [2.24, 2.45) is 0 Å². The van der Waals surface area contributed by atoms with E-state index >= 15 is 0 Å². The second-order valence-corrected chi connectivity index (χ2v) is 3.27. The van der Waals surface area contributed by atoms with E-state index in [2.05, 4.69) is 11.9 Å². The van der Waals surface area contributed by atoms with Gasteiger partial charge in [0.1, 0.15) is 0 Å². The van der Waals surface area contributed by atoms with Gasteiger partial charge < -0.3 is 5.32 Å². The molecule has 1 heteroatoms. The summed E-state index contributed by atoms with van der Waals surface area (Å²) in [5, 5.41) is 3.30. The van der Waals surface area contributed by atoms with E-state index in [1.54, 1.807) is 6.08 Å². The van der Waals surface area contributed by atoms with E-state index in [9.17, 15) is 0 Å². The van der Waals surface area contributed by atoms with Crippen LogP contribution in [0.3, 0.4) is 0 Å². The van der Waals surface area contributed by atoms with E-state index < -0.39 is 0 Å². The minimum absolute atomic E-state index is 1.12. The molecular formula is C15H17N. The Balaban J connectivity index is 0.000000386. The smallest absolute Gasteiger partial charge is 0.0384 e. The molecule has 0 spiro atoms. The highest BCUT2D eigenvalue weighted by Gasteiger charge is 1.89. The fraction of sp³-hybridized carbons (Fsp3) is 0.0667. The van der Waals surface area contributed by atoms with Gasteiger partial charge in [-0.05, 0) is 31.2 Å². The Kier molecular flexibility index (Phi) is 5.49. The summed E-state index contributed by atoms with van der Waals surface area (Å²) >= 11 is 0. The summed E-state index contributed by atoms with van der Waals surface area (Å²) in [5.74, 6) is 0. The maximum Gasteiger partial charge on any atom is 0.0384 e. The molecule has 0 unspecified atom stereocenters. The van der Waals surface area contributed by atoms with Gasteiger partial charge in [0.25, 0.3) is 0 Å². The van der Waals surface area contributed by atoms with Crippen LogP contribution in [0.15, 0.2) is 73.3 Å². The van der Waals surface area contributed by atoms with Crippen LogP contribution in [0.1, 0.15) is 6.92 Å². The Hall–Kier alpha value is -2.02. The molecule has 0 heterocycles. The van der Waals surface area contributed by atoms with Gasteiger partial charge in [-0.1, -0.05) is 42.5 Å². The highest BCUT2D eigenvalue weighted by atomic mass is 14.9. The molecule has 2 aromatic rings. The van der Waals surface area contributed by atoms with Crippen molar-refractivity contribution < 1.29 is 0 Å². The predicted octanol–water partition coefficient (Wildman–Crippen LogP) is 4.62. The lowest BCUT2D eigenvalue weighted by atomic mass is 10.3. The Bertz CT molecular complexity index is 355. The summed E-state index contributed by atoms with van der Waals surface area (Å²) in [4.78, 5) is 0. The molecule has 0 saturated carbocycles. The summed E-state index contributed by atoms with van der Waals surface area (Å²) in [6.07, 6.45) is 1.75. The third-order valence-electron chi connectivity index (χ3n) is 1.84. The van der Waals surface area contributed by atoms with Gasteiger partial charge in [0.2, 0.25) is 0 Å². The normalized spacial score (nSPS) is 8.56. The molecule has 0 aliphatic carbocycles. The molecule has 0 aliphatic heterocycles. The van der Waals surface area contributed by atoms with Crippen LogP contribution in [0.4, 0.5) is 11.4 Å². The zero-order valence-electron chi connectivity index (χ0n) is 9.56. The Morgan fingerprint density at radius 2 is 1.12 bits per heavy atom. The van der Waals surface area contributed by atoms with Crippen LogP contribution in [-0.2, 0) is 0 Å². The maximum absolute atomic E-state index is 3.36. The van der Waals surface area contributed by atoms with Crippen LogP contribution >= 0.6 is 0 Å². The highest BCUT2D eigenvalue weighted by molar-refractivity contribution is 5.58. The lowest BCUT2D eigenvalue weighted by molar-refractivity contribution is 1.55. The number of rotatable bonds is 2. The van der Waals surface area contributed by atoms with Gasteiger partial charge >= 0.3 is 0 Å². The number of para-hydroxylation sites is 2. The Morgan fingerprint density at radius 1 is 0.812 bits per heavy atom. The van der Waals surface area contributed by atoms with Crippen LogP contribution < -0.4 is 5.32 Å². The minimum atomic E-state index is 1.12. The first-order chi connectivity index (χ1) is 7.86. The molecule has 0 aromatic heterocycles. The van der Waals surface area contributed by atoms with Crippen LogP contribution in [0.5, 0.6) is 0 Å². The van der Waals surface area contributed by atoms with Gasteiger partial charge in [0.05, 0.1) is 0 Å². The standard InChI is InChI=1S/C12H11N.C3H6/c1-3-7-11(8-4-1)13-12-9-5-2-6-10-12;1-3-2/h1-10,13H;3H,1H2,2H3. The van der Waals surface area contributed by atoms with E-state index in [0.29, 0.717) is 0 Å². The molecule has 2 aromatic carbocycles. The first kappa shape index (κ1) is 12.1. The summed E-state index contributed by atoms with van der Waals surface area (Å²) in [5.41, 5.74) is 2.24. The SMILES string of the molecule is C=CC.c1ccc(Nc2ccccc2)cc1. The second-order valence-electron chi connectivity index (χ2n) is 3.27. The summed E-state index contributed by atoms with van der Waals surface area (Å²) in [6.45, 7) is 5.25. The van der Waals surface area contributed by atoms with Crippen molar-refractivity contribution in [3.8, 4) is 0 Å². The zero-order chi connectivity index (χ0) is 11.6. The van der Waals surface area contributed by atoms with Crippen molar-refractivity contribution in [1.82, 2.24) is 0 Å². The zero-order valence-corrected chi connectivity index (χ0v) is 9.56. The molecule has 1 N–H and O–H groups in total. The summed E-state index contributed by atoms with van der Waals surface area (Å²) < 4.78 is 0. The van der Waals surface area contributed by atoms with Crippen molar-refractivity contribution in [2.45, 2.75) is 6.92 Å². The van der Waals surface area contributed by atoms with Crippen LogP contribution in [0.25, 0.3) is 0 Å². The molecule has 1 nitrogen and oxygen atoms in total. The maximum atomic E-state index is 3.36. The average molecular weight is 211 g/mol. The van der Waals surface area contributed by atoms with E-state index in [0.717, 1.165) is 11.4 Å². The second kappa shape index (κ2) is 7.30. The molecule has 0 fully saturated rings. The van der Waals surface area contributed by atoms with Gasteiger partial charge in [-0.25, -0.2) is 0 Å². The van der Waals surface area contributed by atoms with Crippen molar-refractivity contribution in [2.75, 3.05) is 5.32 Å². The van der Waals surface area contributed by atoms with Crippen LogP contribution in [0.2, 0.25) is 0 Å². The van der Waals surface area contributed by atoms with Crippen LogP contribution in [0, 0.1) is 0 Å². The first-order valence-electron chi connectivity index (χ1n) is 5.31. The van der Waals surface area contributed by atoms with Gasteiger partial charge in [0.15, 0.2) is 0 Å². The monoisotopic (exact) mass is 211 g/mol. The third-order valence-corrected chi connectivity index (χ3v) is 1.84. The van der Waals surface area contributed by atoms with Gasteiger partial charge in [-0.15, -0.1) is 6.58 Å². The van der Waals surface area contributed by atoms with E-state index in [1.165, 1.54) is 0 Å². The number of nitrogens with one attached hydrogen (secondary N) is 1. The predicted molar refractivity (Wildman–Crippen MR) is 72.0 cm³/mol. The number of benzene rings is 2. The molecule has 0 amide bonds. The van der Waals surface area contributed by atoms with Gasteiger partial charge in [-0.2, -0.15) is 0 Å². The number of anilines is 2. The lowest BCUT2D eigenvalue weighted by Crippen LogP contribution is -1.87. The quantitative estimate of drug-likeness (QED) is 0.714. The molecule has 0 saturated heterocycles.